The lowest BCUT2D eigenvalue weighted by Gasteiger charge is -2.09. The van der Waals surface area contributed by atoms with Crippen LogP contribution in [0.3, 0.4) is 0 Å². The third-order valence-electron chi connectivity index (χ3n) is 2.79. The molecule has 0 aliphatic heterocycles. The first-order valence-corrected chi connectivity index (χ1v) is 6.55. The first-order chi connectivity index (χ1) is 9.90. The molecule has 0 unspecified atom stereocenters. The van der Waals surface area contributed by atoms with Gasteiger partial charge in [0.05, 0.1) is 15.4 Å². The van der Waals surface area contributed by atoms with Gasteiger partial charge in [-0.1, -0.05) is 22.0 Å². The van der Waals surface area contributed by atoms with Crippen molar-refractivity contribution in [3.63, 3.8) is 0 Å². The van der Waals surface area contributed by atoms with Gasteiger partial charge in [-0.2, -0.15) is 0 Å². The highest BCUT2D eigenvalue weighted by Crippen LogP contribution is 2.36. The van der Waals surface area contributed by atoms with Crippen molar-refractivity contribution in [2.75, 3.05) is 0 Å². The van der Waals surface area contributed by atoms with Gasteiger partial charge >= 0.3 is 5.69 Å². The largest absolute Gasteiger partial charge is 0.450 e. The summed E-state index contributed by atoms with van der Waals surface area (Å²) in [4.78, 5) is 20.8. The van der Waals surface area contributed by atoms with Gasteiger partial charge in [0.15, 0.2) is 0 Å². The highest BCUT2D eigenvalue weighted by atomic mass is 79.9. The van der Waals surface area contributed by atoms with Gasteiger partial charge in [0.1, 0.15) is 5.75 Å². The summed E-state index contributed by atoms with van der Waals surface area (Å²) in [6, 6.07) is 8.66. The number of nitro groups is 2. The average molecular weight is 353 g/mol. The lowest BCUT2D eigenvalue weighted by molar-refractivity contribution is -0.386. The number of hydrogen-bond acceptors (Lipinski definition) is 5. The van der Waals surface area contributed by atoms with E-state index in [2.05, 4.69) is 15.9 Å². The van der Waals surface area contributed by atoms with Gasteiger partial charge in [-0.3, -0.25) is 20.2 Å². The Morgan fingerprint density at radius 1 is 1.00 bits per heavy atom. The Morgan fingerprint density at radius 3 is 2.29 bits per heavy atom. The van der Waals surface area contributed by atoms with E-state index in [1.165, 1.54) is 37.3 Å². The first kappa shape index (κ1) is 14.9. The Morgan fingerprint density at radius 2 is 1.67 bits per heavy atom. The number of halogens is 1. The topological polar surface area (TPSA) is 95.5 Å². The van der Waals surface area contributed by atoms with Gasteiger partial charge in [0, 0.05) is 16.6 Å². The van der Waals surface area contributed by atoms with Crippen molar-refractivity contribution in [2.45, 2.75) is 6.92 Å². The second-order valence-corrected chi connectivity index (χ2v) is 5.04. The minimum Gasteiger partial charge on any atom is -0.450 e. The molecule has 0 saturated carbocycles. The molecule has 2 aromatic carbocycles. The van der Waals surface area contributed by atoms with Crippen LogP contribution in [0.5, 0.6) is 11.5 Å². The molecule has 0 N–H and O–H groups in total. The van der Waals surface area contributed by atoms with E-state index in [4.69, 9.17) is 4.74 Å². The highest BCUT2D eigenvalue weighted by Gasteiger charge is 2.19. The Hall–Kier alpha value is -2.48. The van der Waals surface area contributed by atoms with E-state index in [9.17, 15) is 20.2 Å². The van der Waals surface area contributed by atoms with Crippen LogP contribution in [0.4, 0.5) is 11.4 Å². The Bertz CT molecular complexity index is 732. The molecule has 0 saturated heterocycles. The van der Waals surface area contributed by atoms with Crippen LogP contribution < -0.4 is 4.74 Å². The number of hydrogen-bond donors (Lipinski definition) is 0. The minimum atomic E-state index is -0.577. The zero-order chi connectivity index (χ0) is 15.6. The van der Waals surface area contributed by atoms with E-state index < -0.39 is 9.85 Å². The lowest BCUT2D eigenvalue weighted by atomic mass is 10.2. The van der Waals surface area contributed by atoms with Gasteiger partial charge in [-0.05, 0) is 25.1 Å². The van der Waals surface area contributed by atoms with E-state index in [0.29, 0.717) is 10.0 Å². The summed E-state index contributed by atoms with van der Waals surface area (Å²) in [5.41, 5.74) is -0.0257. The maximum atomic E-state index is 11.0. The molecule has 8 heteroatoms. The van der Waals surface area contributed by atoms with Crippen molar-refractivity contribution in [1.29, 1.82) is 0 Å². The minimum absolute atomic E-state index is 0.0202. The zero-order valence-corrected chi connectivity index (χ0v) is 12.4. The van der Waals surface area contributed by atoms with Crippen molar-refractivity contribution in [1.82, 2.24) is 0 Å². The molecule has 0 aliphatic rings. The maximum Gasteiger partial charge on any atom is 0.312 e. The number of benzene rings is 2. The monoisotopic (exact) mass is 352 g/mol. The molecule has 0 aromatic heterocycles. The van der Waals surface area contributed by atoms with Crippen LogP contribution in [0.2, 0.25) is 0 Å². The predicted molar refractivity (Wildman–Crippen MR) is 78.7 cm³/mol. The lowest BCUT2D eigenvalue weighted by Crippen LogP contribution is -1.97. The Labute approximate surface area is 127 Å². The van der Waals surface area contributed by atoms with Crippen molar-refractivity contribution in [3.8, 4) is 11.5 Å². The van der Waals surface area contributed by atoms with Gasteiger partial charge in [-0.15, -0.1) is 0 Å². The third kappa shape index (κ3) is 3.16. The fourth-order valence-corrected chi connectivity index (χ4v) is 2.10. The van der Waals surface area contributed by atoms with E-state index in [0.717, 1.165) is 0 Å². The van der Waals surface area contributed by atoms with Gasteiger partial charge in [-0.25, -0.2) is 0 Å². The van der Waals surface area contributed by atoms with Crippen molar-refractivity contribution in [3.05, 3.63) is 66.7 Å². The molecular formula is C13H9BrN2O5. The van der Waals surface area contributed by atoms with Crippen LogP contribution in [0.15, 0.2) is 40.9 Å². The third-order valence-corrected chi connectivity index (χ3v) is 3.28. The van der Waals surface area contributed by atoms with Crippen LogP contribution in [0.25, 0.3) is 0 Å². The second-order valence-electron chi connectivity index (χ2n) is 4.13. The summed E-state index contributed by atoms with van der Waals surface area (Å²) in [7, 11) is 0. The molecule has 108 valence electrons. The molecule has 2 aromatic rings. The van der Waals surface area contributed by atoms with Crippen molar-refractivity contribution < 1.29 is 14.6 Å². The highest BCUT2D eigenvalue weighted by molar-refractivity contribution is 9.10. The van der Waals surface area contributed by atoms with E-state index in [1.54, 1.807) is 6.07 Å². The second kappa shape index (κ2) is 5.88. The predicted octanol–water partition coefficient (Wildman–Crippen LogP) is 4.37. The number of ether oxygens (including phenoxy) is 1. The Balaban J connectivity index is 2.46. The number of rotatable bonds is 4. The summed E-state index contributed by atoms with van der Waals surface area (Å²) in [6.07, 6.45) is 0. The molecule has 0 heterocycles. The zero-order valence-electron chi connectivity index (χ0n) is 10.8. The normalized spacial score (nSPS) is 10.2. The summed E-state index contributed by atoms with van der Waals surface area (Å²) >= 11 is 3.15. The fourth-order valence-electron chi connectivity index (χ4n) is 1.75. The summed E-state index contributed by atoms with van der Waals surface area (Å²) in [5, 5.41) is 21.9. The van der Waals surface area contributed by atoms with Crippen LogP contribution in [0, 0.1) is 27.2 Å². The molecule has 0 radical (unpaired) electrons. The fraction of sp³-hybridized carbons (Fsp3) is 0.0769. The molecule has 0 aliphatic carbocycles. The van der Waals surface area contributed by atoms with Gasteiger partial charge < -0.3 is 4.74 Å². The molecule has 0 bridgehead atoms. The average Bonchev–Trinajstić information content (AvgIpc) is 2.42. The number of nitrogens with zero attached hydrogens (tertiary/aromatic N) is 2. The molecule has 7 nitrogen and oxygen atoms in total. The van der Waals surface area contributed by atoms with Gasteiger partial charge in [0.2, 0.25) is 5.75 Å². The van der Waals surface area contributed by atoms with Crippen molar-refractivity contribution in [2.24, 2.45) is 0 Å². The standard InChI is InChI=1S/C13H9BrN2O5/c1-8-10(15(17)18)3-2-4-12(8)21-13-6-5-9(14)7-11(13)16(19)20/h2-7H,1H3. The van der Waals surface area contributed by atoms with E-state index in [1.807, 2.05) is 0 Å². The number of nitro benzene ring substituents is 2. The van der Waals surface area contributed by atoms with Crippen molar-refractivity contribution >= 4 is 27.3 Å². The van der Waals surface area contributed by atoms with Gasteiger partial charge in [0.25, 0.3) is 5.69 Å². The summed E-state index contributed by atoms with van der Waals surface area (Å²) < 4.78 is 6.02. The molecule has 0 spiro atoms. The van der Waals surface area contributed by atoms with Crippen LogP contribution in [-0.4, -0.2) is 9.85 Å². The summed E-state index contributed by atoms with van der Waals surface area (Å²) in [5.74, 6) is 0.224. The quantitative estimate of drug-likeness (QED) is 0.601. The molecule has 2 rings (SSSR count). The van der Waals surface area contributed by atoms with E-state index in [-0.39, 0.29) is 22.9 Å². The van der Waals surface area contributed by atoms with Crippen LogP contribution in [0.1, 0.15) is 5.56 Å². The smallest absolute Gasteiger partial charge is 0.312 e. The Kier molecular flexibility index (Phi) is 4.18. The molecule has 0 amide bonds. The molecular weight excluding hydrogens is 344 g/mol. The molecule has 0 fully saturated rings. The molecule has 0 atom stereocenters. The van der Waals surface area contributed by atoms with Crippen LogP contribution in [-0.2, 0) is 0 Å². The van der Waals surface area contributed by atoms with Crippen LogP contribution >= 0.6 is 15.9 Å². The molecule has 21 heavy (non-hydrogen) atoms. The maximum absolute atomic E-state index is 11.0. The summed E-state index contributed by atoms with van der Waals surface area (Å²) in [6.45, 7) is 1.53. The van der Waals surface area contributed by atoms with E-state index >= 15 is 0 Å². The first-order valence-electron chi connectivity index (χ1n) is 5.76. The SMILES string of the molecule is Cc1c(Oc2ccc(Br)cc2[N+](=O)[O-])cccc1[N+](=O)[O-].